The van der Waals surface area contributed by atoms with Crippen LogP contribution in [0.3, 0.4) is 0 Å². The quantitative estimate of drug-likeness (QED) is 0.205. The highest BCUT2D eigenvalue weighted by molar-refractivity contribution is 7.26. The Morgan fingerprint density at radius 1 is 0.553 bits per heavy atom. The maximum absolute atomic E-state index is 5.41. The van der Waals surface area contributed by atoms with Crippen LogP contribution in [0.1, 0.15) is 0 Å². The molecule has 0 saturated carbocycles. The molecule has 0 bridgehead atoms. The molecule has 6 aromatic carbocycles. The van der Waals surface area contributed by atoms with Crippen LogP contribution < -0.4 is 0 Å². The Morgan fingerprint density at radius 2 is 1.26 bits per heavy atom. The van der Waals surface area contributed by atoms with Crippen LogP contribution in [0.25, 0.3) is 80.4 Å². The van der Waals surface area contributed by atoms with Gasteiger partial charge >= 0.3 is 0 Å². The minimum absolute atomic E-state index is 1.03. The first kappa shape index (κ1) is 20.3. The van der Waals surface area contributed by atoms with E-state index < -0.39 is 0 Å². The minimum atomic E-state index is 1.03. The third-order valence-electron chi connectivity index (χ3n) is 7.96. The number of hydrogen-bond donors (Lipinski definition) is 0. The lowest BCUT2D eigenvalue weighted by Crippen LogP contribution is -1.92. The molecule has 0 N–H and O–H groups in total. The average molecular weight is 501 g/mol. The Kier molecular flexibility index (Phi) is 3.96. The van der Waals surface area contributed by atoms with E-state index >= 15 is 0 Å². The lowest BCUT2D eigenvalue weighted by Gasteiger charge is -2.09. The monoisotopic (exact) mass is 500 g/mol. The van der Waals surface area contributed by atoms with Crippen molar-refractivity contribution in [1.29, 1.82) is 0 Å². The fourth-order valence-corrected chi connectivity index (χ4v) is 7.42. The summed E-state index contributed by atoms with van der Waals surface area (Å²) in [6, 6.07) is 43.9. The number of hydrogen-bond acceptors (Lipinski definition) is 2. The number of aromatic nitrogens is 2. The molecule has 0 radical (unpaired) electrons. The molecule has 0 unspecified atom stereocenters. The topological polar surface area (TPSA) is 17.3 Å². The molecule has 176 valence electrons. The Labute approximate surface area is 222 Å². The van der Waals surface area contributed by atoms with Crippen LogP contribution >= 0.6 is 11.3 Å². The second-order valence-electron chi connectivity index (χ2n) is 9.99. The molecule has 9 rings (SSSR count). The first-order valence-electron chi connectivity index (χ1n) is 12.9. The molecule has 3 heterocycles. The lowest BCUT2D eigenvalue weighted by atomic mass is 10.0. The van der Waals surface area contributed by atoms with Gasteiger partial charge in [0.2, 0.25) is 0 Å². The molecule has 3 heteroatoms. The number of nitrogens with zero attached hydrogens (tertiary/aromatic N) is 2. The van der Waals surface area contributed by atoms with E-state index in [1.165, 1.54) is 63.7 Å². The fourth-order valence-electron chi connectivity index (χ4n) is 6.24. The van der Waals surface area contributed by atoms with Crippen molar-refractivity contribution in [3.05, 3.63) is 121 Å². The molecule has 0 aliphatic carbocycles. The predicted octanol–water partition coefficient (Wildman–Crippen LogP) is 9.98. The van der Waals surface area contributed by atoms with Crippen molar-refractivity contribution in [2.75, 3.05) is 0 Å². The summed E-state index contributed by atoms with van der Waals surface area (Å²) in [5, 5.41) is 10.1. The molecular formula is C35H20N2S. The SMILES string of the molecule is c1ccc(-c2cc3c(sc4ccc5ccccc5c43)c3nc4c5ccc6ccccc6c5ccc4n23)cc1. The number of pyridine rings is 1. The molecule has 3 aromatic heterocycles. The van der Waals surface area contributed by atoms with E-state index in [1.54, 1.807) is 0 Å². The smallest absolute Gasteiger partial charge is 0.156 e. The molecule has 0 saturated heterocycles. The van der Waals surface area contributed by atoms with Crippen molar-refractivity contribution in [3.63, 3.8) is 0 Å². The van der Waals surface area contributed by atoms with Gasteiger partial charge in [-0.05, 0) is 50.7 Å². The number of fused-ring (bicyclic) bond motifs is 13. The molecule has 38 heavy (non-hydrogen) atoms. The molecule has 2 nitrogen and oxygen atoms in total. The first-order valence-corrected chi connectivity index (χ1v) is 13.7. The summed E-state index contributed by atoms with van der Waals surface area (Å²) in [6.07, 6.45) is 0. The molecule has 0 aliphatic heterocycles. The van der Waals surface area contributed by atoms with Gasteiger partial charge in [-0.2, -0.15) is 0 Å². The zero-order valence-electron chi connectivity index (χ0n) is 20.3. The van der Waals surface area contributed by atoms with Gasteiger partial charge in [-0.25, -0.2) is 4.98 Å². The van der Waals surface area contributed by atoms with Gasteiger partial charge < -0.3 is 0 Å². The van der Waals surface area contributed by atoms with Gasteiger partial charge in [-0.1, -0.05) is 103 Å². The van der Waals surface area contributed by atoms with Crippen molar-refractivity contribution >= 4 is 80.5 Å². The minimum Gasteiger partial charge on any atom is -0.291 e. The highest BCUT2D eigenvalue weighted by atomic mass is 32.1. The maximum atomic E-state index is 5.41. The summed E-state index contributed by atoms with van der Waals surface area (Å²) in [4.78, 5) is 5.41. The van der Waals surface area contributed by atoms with Crippen molar-refractivity contribution < 1.29 is 0 Å². The number of benzene rings is 6. The molecule has 0 spiro atoms. The molecule has 0 atom stereocenters. The van der Waals surface area contributed by atoms with E-state index in [9.17, 15) is 0 Å². The van der Waals surface area contributed by atoms with Crippen LogP contribution in [0.5, 0.6) is 0 Å². The average Bonchev–Trinajstić information content (AvgIpc) is 3.56. The van der Waals surface area contributed by atoms with Gasteiger partial charge in [0.15, 0.2) is 5.65 Å². The van der Waals surface area contributed by atoms with Crippen molar-refractivity contribution in [1.82, 2.24) is 9.38 Å². The summed E-state index contributed by atoms with van der Waals surface area (Å²) < 4.78 is 4.91. The molecule has 0 amide bonds. The zero-order chi connectivity index (χ0) is 24.8. The van der Waals surface area contributed by atoms with Gasteiger partial charge in [-0.15, -0.1) is 11.3 Å². The van der Waals surface area contributed by atoms with E-state index in [0.717, 1.165) is 16.7 Å². The molecular weight excluding hydrogens is 480 g/mol. The highest BCUT2D eigenvalue weighted by Gasteiger charge is 2.20. The normalized spacial score (nSPS) is 12.2. The van der Waals surface area contributed by atoms with Crippen molar-refractivity contribution in [2.45, 2.75) is 0 Å². The molecule has 9 aromatic rings. The summed E-state index contributed by atoms with van der Waals surface area (Å²) in [5.74, 6) is 0. The molecule has 0 aliphatic rings. The number of rotatable bonds is 1. The van der Waals surface area contributed by atoms with E-state index in [2.05, 4.69) is 126 Å². The second-order valence-corrected chi connectivity index (χ2v) is 11.0. The standard InChI is InChI=1S/C35H20N2S/c1-2-10-23(11-3-1)30-20-28-32-25-13-7-5-9-22(25)15-19-31(32)38-34(28)35-36-33-27-16-14-21-8-4-6-12-24(21)26(27)17-18-29(33)37(30)35/h1-20H. The Morgan fingerprint density at radius 3 is 2.13 bits per heavy atom. The van der Waals surface area contributed by atoms with Gasteiger partial charge in [0.05, 0.1) is 21.4 Å². The Hall–Kier alpha value is -4.73. The van der Waals surface area contributed by atoms with Crippen LogP contribution in [0.4, 0.5) is 0 Å². The fraction of sp³-hybridized carbons (Fsp3) is 0. The van der Waals surface area contributed by atoms with Gasteiger partial charge in [0.1, 0.15) is 0 Å². The van der Waals surface area contributed by atoms with Crippen LogP contribution in [0, 0.1) is 0 Å². The Bertz CT molecular complexity index is 2390. The van der Waals surface area contributed by atoms with E-state index in [1.807, 2.05) is 11.3 Å². The summed E-state index contributed by atoms with van der Waals surface area (Å²) in [7, 11) is 0. The zero-order valence-corrected chi connectivity index (χ0v) is 21.2. The lowest BCUT2D eigenvalue weighted by molar-refractivity contribution is 1.25. The summed E-state index contributed by atoms with van der Waals surface area (Å²) in [5.41, 5.74) is 5.59. The van der Waals surface area contributed by atoms with E-state index in [4.69, 9.17) is 4.98 Å². The first-order chi connectivity index (χ1) is 18.8. The largest absolute Gasteiger partial charge is 0.291 e. The van der Waals surface area contributed by atoms with Crippen molar-refractivity contribution in [2.24, 2.45) is 0 Å². The summed E-state index contributed by atoms with van der Waals surface area (Å²) >= 11 is 1.85. The van der Waals surface area contributed by atoms with Crippen LogP contribution in [0.15, 0.2) is 121 Å². The molecule has 0 fully saturated rings. The number of thiophene rings is 1. The van der Waals surface area contributed by atoms with E-state index in [0.29, 0.717) is 0 Å². The van der Waals surface area contributed by atoms with Gasteiger partial charge in [-0.3, -0.25) is 4.40 Å². The van der Waals surface area contributed by atoms with Crippen LogP contribution in [-0.2, 0) is 0 Å². The van der Waals surface area contributed by atoms with E-state index in [-0.39, 0.29) is 0 Å². The van der Waals surface area contributed by atoms with Crippen molar-refractivity contribution in [3.8, 4) is 11.3 Å². The third-order valence-corrected chi connectivity index (χ3v) is 9.12. The van der Waals surface area contributed by atoms with Gasteiger partial charge in [0.25, 0.3) is 0 Å². The van der Waals surface area contributed by atoms with Gasteiger partial charge in [0, 0.05) is 20.9 Å². The maximum Gasteiger partial charge on any atom is 0.156 e. The highest BCUT2D eigenvalue weighted by Crippen LogP contribution is 2.44. The predicted molar refractivity (Wildman–Crippen MR) is 164 cm³/mol. The third kappa shape index (κ3) is 2.64. The number of imidazole rings is 1. The second kappa shape index (κ2) is 7.41. The Balaban J connectivity index is 1.53. The van der Waals surface area contributed by atoms with Crippen LogP contribution in [-0.4, -0.2) is 9.38 Å². The van der Waals surface area contributed by atoms with Crippen LogP contribution in [0.2, 0.25) is 0 Å². The summed E-state index contributed by atoms with van der Waals surface area (Å²) in [6.45, 7) is 0.